The lowest BCUT2D eigenvalue weighted by Crippen LogP contribution is -2.32. The SMILES string of the molecule is CCc1c(-c2ccnc3[nH]ncc23)[nH]c2ccc(C3CCN(Cc4cc(C)n[nH]4)CC3)cc12. The normalized spacial score (nSPS) is 15.7. The van der Waals surface area contributed by atoms with Crippen molar-refractivity contribution in [3.8, 4) is 11.3 Å². The van der Waals surface area contributed by atoms with Gasteiger partial charge in [-0.1, -0.05) is 13.0 Å². The Labute approximate surface area is 192 Å². The van der Waals surface area contributed by atoms with E-state index in [2.05, 4.69) is 72.5 Å². The summed E-state index contributed by atoms with van der Waals surface area (Å²) in [5, 5.41) is 17.0. The van der Waals surface area contributed by atoms with Crippen LogP contribution in [0.4, 0.5) is 0 Å². The molecule has 33 heavy (non-hydrogen) atoms. The Hall–Kier alpha value is -3.45. The number of aryl methyl sites for hydroxylation is 2. The Morgan fingerprint density at radius 2 is 1.94 bits per heavy atom. The molecule has 0 amide bonds. The molecule has 0 saturated carbocycles. The van der Waals surface area contributed by atoms with Crippen LogP contribution in [0.2, 0.25) is 0 Å². The minimum atomic E-state index is 0.610. The van der Waals surface area contributed by atoms with Gasteiger partial charge in [-0.05, 0) is 80.6 Å². The maximum Gasteiger partial charge on any atom is 0.155 e. The van der Waals surface area contributed by atoms with Gasteiger partial charge in [0.25, 0.3) is 0 Å². The first-order chi connectivity index (χ1) is 16.2. The highest BCUT2D eigenvalue weighted by molar-refractivity contribution is 5.98. The second kappa shape index (κ2) is 8.15. The summed E-state index contributed by atoms with van der Waals surface area (Å²) < 4.78 is 0. The average Bonchev–Trinajstić information content (AvgIpc) is 3.56. The van der Waals surface area contributed by atoms with E-state index in [1.54, 1.807) is 0 Å². The first kappa shape index (κ1) is 20.2. The number of hydrogen-bond acceptors (Lipinski definition) is 4. The topological polar surface area (TPSA) is 89.3 Å². The number of piperidine rings is 1. The minimum Gasteiger partial charge on any atom is -0.354 e. The lowest BCUT2D eigenvalue weighted by Gasteiger charge is -2.31. The number of aromatic nitrogens is 6. The van der Waals surface area contributed by atoms with Gasteiger partial charge in [0.1, 0.15) is 0 Å². The smallest absolute Gasteiger partial charge is 0.155 e. The Kier molecular flexibility index (Phi) is 4.99. The molecule has 0 aliphatic carbocycles. The van der Waals surface area contributed by atoms with Gasteiger partial charge in [-0.15, -0.1) is 0 Å². The monoisotopic (exact) mass is 439 g/mol. The van der Waals surface area contributed by atoms with Gasteiger partial charge in [0.2, 0.25) is 0 Å². The van der Waals surface area contributed by atoms with E-state index in [0.29, 0.717) is 5.92 Å². The first-order valence-corrected chi connectivity index (χ1v) is 11.9. The number of benzene rings is 1. The lowest BCUT2D eigenvalue weighted by atomic mass is 9.88. The molecule has 0 atom stereocenters. The standard InChI is InChI=1S/C26H29N7/c1-3-20-22-13-18(17-7-10-33(11-8-17)15-19-12-16(2)30-31-19)4-5-24(22)29-25(20)21-6-9-27-26-23(21)14-28-32-26/h4-6,9,12-14,17,29H,3,7-8,10-11,15H2,1-2H3,(H,30,31)(H,27,28,32). The third kappa shape index (κ3) is 3.62. The molecule has 7 heteroatoms. The predicted molar refractivity (Wildman–Crippen MR) is 131 cm³/mol. The fraction of sp³-hybridized carbons (Fsp3) is 0.346. The Morgan fingerprint density at radius 1 is 1.06 bits per heavy atom. The summed E-state index contributed by atoms with van der Waals surface area (Å²) in [7, 11) is 0. The fourth-order valence-corrected chi connectivity index (χ4v) is 5.41. The van der Waals surface area contributed by atoms with Crippen LogP contribution in [0.5, 0.6) is 0 Å². The number of H-pyrrole nitrogens is 3. The maximum absolute atomic E-state index is 4.40. The minimum absolute atomic E-state index is 0.610. The van der Waals surface area contributed by atoms with E-state index >= 15 is 0 Å². The number of pyridine rings is 1. The number of hydrogen-bond donors (Lipinski definition) is 3. The predicted octanol–water partition coefficient (Wildman–Crippen LogP) is 5.08. The molecule has 1 saturated heterocycles. The molecular formula is C26H29N7. The Morgan fingerprint density at radius 3 is 2.73 bits per heavy atom. The molecule has 1 aromatic carbocycles. The fourth-order valence-electron chi connectivity index (χ4n) is 5.41. The van der Waals surface area contributed by atoms with Crippen LogP contribution in [-0.4, -0.2) is 48.4 Å². The van der Waals surface area contributed by atoms with Crippen LogP contribution in [0.15, 0.2) is 42.7 Å². The van der Waals surface area contributed by atoms with Gasteiger partial charge in [-0.3, -0.25) is 15.1 Å². The number of fused-ring (bicyclic) bond motifs is 2. The number of nitrogens with one attached hydrogen (secondary N) is 3. The van der Waals surface area contributed by atoms with E-state index in [1.807, 2.05) is 19.3 Å². The highest BCUT2D eigenvalue weighted by Gasteiger charge is 2.22. The third-order valence-electron chi connectivity index (χ3n) is 7.12. The second-order valence-corrected chi connectivity index (χ2v) is 9.21. The largest absolute Gasteiger partial charge is 0.354 e. The van der Waals surface area contributed by atoms with E-state index in [1.165, 1.54) is 46.3 Å². The lowest BCUT2D eigenvalue weighted by molar-refractivity contribution is 0.202. The molecule has 5 aromatic rings. The van der Waals surface area contributed by atoms with Gasteiger partial charge in [0, 0.05) is 40.3 Å². The van der Waals surface area contributed by atoms with E-state index in [0.717, 1.165) is 48.3 Å². The van der Waals surface area contributed by atoms with Gasteiger partial charge in [0.05, 0.1) is 17.6 Å². The van der Waals surface area contributed by atoms with Gasteiger partial charge >= 0.3 is 0 Å². The van der Waals surface area contributed by atoms with Crippen molar-refractivity contribution in [2.24, 2.45) is 0 Å². The second-order valence-electron chi connectivity index (χ2n) is 9.21. The van der Waals surface area contributed by atoms with Gasteiger partial charge in [0.15, 0.2) is 5.65 Å². The third-order valence-corrected chi connectivity index (χ3v) is 7.12. The summed E-state index contributed by atoms with van der Waals surface area (Å²) >= 11 is 0. The summed E-state index contributed by atoms with van der Waals surface area (Å²) in [5.74, 6) is 0.610. The van der Waals surface area contributed by atoms with Gasteiger partial charge in [-0.25, -0.2) is 4.98 Å². The molecule has 0 bridgehead atoms. The van der Waals surface area contributed by atoms with Crippen LogP contribution in [-0.2, 0) is 13.0 Å². The molecule has 4 aromatic heterocycles. The Bertz CT molecular complexity index is 1420. The molecule has 0 spiro atoms. The number of nitrogens with zero attached hydrogens (tertiary/aromatic N) is 4. The van der Waals surface area contributed by atoms with Crippen LogP contribution < -0.4 is 0 Å². The highest BCUT2D eigenvalue weighted by atomic mass is 15.2. The van der Waals surface area contributed by atoms with Gasteiger partial charge in [-0.2, -0.15) is 10.2 Å². The molecule has 168 valence electrons. The van der Waals surface area contributed by atoms with Crippen LogP contribution in [0, 0.1) is 6.92 Å². The van der Waals surface area contributed by atoms with Crippen LogP contribution in [0.3, 0.4) is 0 Å². The number of likely N-dealkylation sites (tertiary alicyclic amines) is 1. The summed E-state index contributed by atoms with van der Waals surface area (Å²) in [4.78, 5) is 10.6. The van der Waals surface area contributed by atoms with Crippen LogP contribution in [0.1, 0.15) is 48.2 Å². The van der Waals surface area contributed by atoms with Crippen molar-refractivity contribution in [3.05, 3.63) is 65.2 Å². The molecule has 0 unspecified atom stereocenters. The molecule has 0 radical (unpaired) electrons. The zero-order valence-electron chi connectivity index (χ0n) is 19.2. The molecule has 1 aliphatic heterocycles. The average molecular weight is 440 g/mol. The molecule has 6 rings (SSSR count). The van der Waals surface area contributed by atoms with Crippen LogP contribution >= 0.6 is 0 Å². The molecule has 7 nitrogen and oxygen atoms in total. The first-order valence-electron chi connectivity index (χ1n) is 11.9. The quantitative estimate of drug-likeness (QED) is 0.356. The molecule has 1 aliphatic rings. The van der Waals surface area contributed by atoms with E-state index < -0.39 is 0 Å². The number of rotatable bonds is 5. The van der Waals surface area contributed by atoms with Crippen molar-refractivity contribution in [1.82, 2.24) is 35.3 Å². The van der Waals surface area contributed by atoms with Crippen molar-refractivity contribution in [3.63, 3.8) is 0 Å². The van der Waals surface area contributed by atoms with Crippen LogP contribution in [0.25, 0.3) is 33.2 Å². The maximum atomic E-state index is 4.40. The number of aromatic amines is 3. The summed E-state index contributed by atoms with van der Waals surface area (Å²) in [6, 6.07) is 11.2. The van der Waals surface area contributed by atoms with Crippen molar-refractivity contribution in [2.45, 2.75) is 45.6 Å². The zero-order valence-corrected chi connectivity index (χ0v) is 19.2. The summed E-state index contributed by atoms with van der Waals surface area (Å²) in [5.41, 5.74) is 9.47. The van der Waals surface area contributed by atoms with Crippen molar-refractivity contribution < 1.29 is 0 Å². The van der Waals surface area contributed by atoms with Crippen molar-refractivity contribution >= 4 is 21.9 Å². The molecule has 3 N–H and O–H groups in total. The van der Waals surface area contributed by atoms with E-state index in [9.17, 15) is 0 Å². The highest BCUT2D eigenvalue weighted by Crippen LogP contribution is 2.37. The summed E-state index contributed by atoms with van der Waals surface area (Å²) in [6.07, 6.45) is 7.08. The van der Waals surface area contributed by atoms with Gasteiger partial charge < -0.3 is 4.98 Å². The zero-order chi connectivity index (χ0) is 22.4. The molecule has 1 fully saturated rings. The van der Waals surface area contributed by atoms with E-state index in [-0.39, 0.29) is 0 Å². The molecular weight excluding hydrogens is 410 g/mol. The van der Waals surface area contributed by atoms with E-state index in [4.69, 9.17) is 0 Å². The Balaban J connectivity index is 1.27. The molecule has 5 heterocycles. The summed E-state index contributed by atoms with van der Waals surface area (Å²) in [6.45, 7) is 7.47. The van der Waals surface area contributed by atoms with Crippen molar-refractivity contribution in [1.29, 1.82) is 0 Å². The van der Waals surface area contributed by atoms with Crippen molar-refractivity contribution in [2.75, 3.05) is 13.1 Å².